The maximum Gasteiger partial charge on any atom is 0.243 e. The fourth-order valence-electron chi connectivity index (χ4n) is 0.427. The van der Waals surface area contributed by atoms with E-state index >= 15 is 0 Å². The van der Waals surface area contributed by atoms with Gasteiger partial charge in [-0.25, -0.2) is 0 Å². The number of aldehydes is 1. The summed E-state index contributed by atoms with van der Waals surface area (Å²) in [5.74, 6) is -0.543. The molecule has 0 aromatic rings. The maximum absolute atomic E-state index is 11.2. The zero-order chi connectivity index (χ0) is 9.40. The molecule has 0 aliphatic carbocycles. The molecule has 7 heteroatoms. The molecule has 0 saturated carbocycles. The van der Waals surface area contributed by atoms with Crippen LogP contribution in [0.5, 0.6) is 0 Å². The minimum atomic E-state index is -0.543. The van der Waals surface area contributed by atoms with Crippen molar-refractivity contribution >= 4 is 24.5 Å². The second kappa shape index (κ2) is 7.17. The molecule has 0 aromatic heterocycles. The highest BCUT2D eigenvalue weighted by atomic mass is 32.2. The van der Waals surface area contributed by atoms with Gasteiger partial charge in [-0.1, -0.05) is 0 Å². The molecule has 12 heavy (non-hydrogen) atoms. The Morgan fingerprint density at radius 1 is 1.75 bits per heavy atom. The largest absolute Gasteiger partial charge is 0.295 e. The highest BCUT2D eigenvalue weighted by Crippen LogP contribution is 2.04. The van der Waals surface area contributed by atoms with Crippen LogP contribution in [0.4, 0.5) is 3.89 Å². The van der Waals surface area contributed by atoms with E-state index in [0.717, 1.165) is 5.06 Å². The van der Waals surface area contributed by atoms with E-state index in [0.29, 0.717) is 0 Å². The fraction of sp³-hybridized carbons (Fsp3) is 0.600. The van der Waals surface area contributed by atoms with E-state index in [4.69, 9.17) is 0 Å². The van der Waals surface area contributed by atoms with E-state index in [9.17, 15) is 13.5 Å². The van der Waals surface area contributed by atoms with Crippen molar-refractivity contribution in [1.29, 1.82) is 0 Å². The Bertz CT molecular complexity index is 156. The summed E-state index contributed by atoms with van der Waals surface area (Å²) >= 11 is -0.448. The molecule has 0 unspecified atom stereocenters. The first kappa shape index (κ1) is 11.5. The van der Waals surface area contributed by atoms with Gasteiger partial charge in [0.05, 0.1) is 0 Å². The average Bonchev–Trinajstić information content (AvgIpc) is 2.10. The Morgan fingerprint density at radius 2 is 2.42 bits per heavy atom. The van der Waals surface area contributed by atoms with Crippen molar-refractivity contribution in [3.05, 3.63) is 0 Å². The van der Waals surface area contributed by atoms with E-state index in [1.165, 1.54) is 7.05 Å². The summed E-state index contributed by atoms with van der Waals surface area (Å²) in [7, 11) is 1.44. The van der Waals surface area contributed by atoms with Gasteiger partial charge in [0.25, 0.3) is 0 Å². The summed E-state index contributed by atoms with van der Waals surface area (Å²) in [5.41, 5.74) is 0. The van der Waals surface area contributed by atoms with Crippen LogP contribution in [0.15, 0.2) is 0 Å². The molecule has 0 spiro atoms. The third kappa shape index (κ3) is 6.23. The van der Waals surface area contributed by atoms with Crippen molar-refractivity contribution in [2.24, 2.45) is 0 Å². The number of rotatable bonds is 7. The number of hydrogen-bond donors (Lipinski definition) is 0. The third-order valence-electron chi connectivity index (χ3n) is 0.988. The normalized spacial score (nSPS) is 10.2. The van der Waals surface area contributed by atoms with Gasteiger partial charge in [0, 0.05) is 20.0 Å². The van der Waals surface area contributed by atoms with E-state index in [1.807, 2.05) is 0 Å². The molecule has 0 N–H and O–H groups in total. The molecule has 0 bridgehead atoms. The summed E-state index contributed by atoms with van der Waals surface area (Å²) in [4.78, 5) is 24.5. The minimum absolute atomic E-state index is 0.0142. The number of carbonyl (C=O) groups is 2. The lowest BCUT2D eigenvalue weighted by molar-refractivity contribution is -0.351. The average molecular weight is 197 g/mol. The second-order valence-corrected chi connectivity index (χ2v) is 2.15. The van der Waals surface area contributed by atoms with Gasteiger partial charge < -0.3 is 0 Å². The van der Waals surface area contributed by atoms with Crippen molar-refractivity contribution < 1.29 is 22.8 Å². The molecule has 0 aromatic carbocycles. The van der Waals surface area contributed by atoms with Gasteiger partial charge in [0.2, 0.25) is 12.4 Å². The summed E-state index contributed by atoms with van der Waals surface area (Å²) in [6.07, 6.45) is 0.235. The number of hydrogen-bond acceptors (Lipinski definition) is 6. The number of carbonyl (C=O) groups excluding carboxylic acids is 2. The van der Waals surface area contributed by atoms with Crippen LogP contribution in [0.25, 0.3) is 0 Å². The van der Waals surface area contributed by atoms with Crippen LogP contribution in [0, 0.1) is 0 Å². The molecular weight excluding hydrogens is 189 g/mol. The van der Waals surface area contributed by atoms with Crippen molar-refractivity contribution in [2.45, 2.75) is 6.42 Å². The molecule has 5 nitrogen and oxygen atoms in total. The van der Waals surface area contributed by atoms with Crippen molar-refractivity contribution in [1.82, 2.24) is 5.06 Å². The molecule has 0 saturated heterocycles. The summed E-state index contributed by atoms with van der Waals surface area (Å²) in [6.45, 7) is 0.165. The number of halogens is 1. The molecule has 0 aliphatic heterocycles. The van der Waals surface area contributed by atoms with E-state index < -0.39 is 18.2 Å². The number of nitrogens with zero attached hydrogens (tertiary/aromatic N) is 1. The van der Waals surface area contributed by atoms with Gasteiger partial charge in [-0.15, -0.1) is 13.2 Å². The van der Waals surface area contributed by atoms with E-state index in [2.05, 4.69) is 9.32 Å². The maximum atomic E-state index is 11.2. The van der Waals surface area contributed by atoms with Crippen LogP contribution in [0.2, 0.25) is 0 Å². The number of ketones is 1. The quantitative estimate of drug-likeness (QED) is 0.194. The van der Waals surface area contributed by atoms with Crippen LogP contribution in [-0.4, -0.2) is 30.7 Å². The van der Waals surface area contributed by atoms with Gasteiger partial charge in [0.15, 0.2) is 12.1 Å². The zero-order valence-corrected chi connectivity index (χ0v) is 7.17. The smallest absolute Gasteiger partial charge is 0.243 e. The number of hydroxylamine groups is 2. The highest BCUT2D eigenvalue weighted by molar-refractivity contribution is 7.89. The molecule has 0 radical (unpaired) electrons. The molecule has 0 amide bonds. The van der Waals surface area contributed by atoms with Crippen LogP contribution in [-0.2, 0) is 18.9 Å². The van der Waals surface area contributed by atoms with Crippen molar-refractivity contribution in [3.63, 3.8) is 0 Å². The van der Waals surface area contributed by atoms with Crippen LogP contribution >= 0.6 is 12.4 Å². The first-order chi connectivity index (χ1) is 5.70. The van der Waals surface area contributed by atoms with Gasteiger partial charge in [-0.2, -0.15) is 5.06 Å². The van der Waals surface area contributed by atoms with Gasteiger partial charge >= 0.3 is 0 Å². The topological polar surface area (TPSA) is 55.8 Å². The Balaban J connectivity index is 3.36. The van der Waals surface area contributed by atoms with Crippen molar-refractivity contribution in [2.75, 3.05) is 13.6 Å². The Kier molecular flexibility index (Phi) is 6.87. The summed E-state index contributed by atoms with van der Waals surface area (Å²) in [5, 5.41) is 1.09. The Morgan fingerprint density at radius 3 is 2.92 bits per heavy atom. The highest BCUT2D eigenvalue weighted by Gasteiger charge is 2.04. The summed E-state index contributed by atoms with van der Waals surface area (Å²) in [6, 6.07) is 0. The van der Waals surface area contributed by atoms with Gasteiger partial charge in [0.1, 0.15) is 0 Å². The standard InChI is InChI=1S/C5H8FNO4S/c1-7(10-11-12-6)3-2-5(9)4-8/h4H,2-3H2,1H3. The molecule has 0 heterocycles. The second-order valence-electron chi connectivity index (χ2n) is 1.89. The van der Waals surface area contributed by atoms with Gasteiger partial charge in [-0.3, -0.25) is 9.59 Å². The zero-order valence-electron chi connectivity index (χ0n) is 6.36. The van der Waals surface area contributed by atoms with Crippen LogP contribution in [0.1, 0.15) is 6.42 Å². The lowest BCUT2D eigenvalue weighted by Gasteiger charge is -2.10. The molecular formula is C5H8FNO4S. The Hall–Kier alpha value is -0.500. The SMILES string of the molecule is CN(CCC(=O)C=O)OOSF. The molecule has 0 aliphatic rings. The monoisotopic (exact) mass is 197 g/mol. The van der Waals surface area contributed by atoms with Crippen LogP contribution < -0.4 is 0 Å². The van der Waals surface area contributed by atoms with Crippen LogP contribution in [0.3, 0.4) is 0 Å². The lowest BCUT2D eigenvalue weighted by atomic mass is 10.3. The first-order valence-electron chi connectivity index (χ1n) is 3.02. The predicted molar refractivity (Wildman–Crippen MR) is 39.2 cm³/mol. The first-order valence-corrected chi connectivity index (χ1v) is 3.66. The predicted octanol–water partition coefficient (Wildman–Crippen LogP) is 0.472. The van der Waals surface area contributed by atoms with E-state index in [-0.39, 0.29) is 19.3 Å². The van der Waals surface area contributed by atoms with E-state index in [1.54, 1.807) is 0 Å². The Labute approximate surface area is 73.2 Å². The molecule has 0 rings (SSSR count). The molecule has 70 valence electrons. The fourth-order valence-corrected chi connectivity index (χ4v) is 0.554. The van der Waals surface area contributed by atoms with Gasteiger partial charge in [-0.05, 0) is 0 Å². The third-order valence-corrected chi connectivity index (χ3v) is 1.10. The lowest BCUT2D eigenvalue weighted by Crippen LogP contribution is -2.21. The van der Waals surface area contributed by atoms with Crippen molar-refractivity contribution in [3.8, 4) is 0 Å². The summed E-state index contributed by atoms with van der Waals surface area (Å²) < 4.78 is 15.1. The molecule has 0 fully saturated rings. The number of Topliss-reactive ketones (excluding diaryl/α,β-unsaturated/α-hetero) is 1. The minimum Gasteiger partial charge on any atom is -0.295 e. The molecule has 0 atom stereocenters.